The van der Waals surface area contributed by atoms with Crippen LogP contribution in [0.1, 0.15) is 37.1 Å². The third-order valence-electron chi connectivity index (χ3n) is 4.98. The van der Waals surface area contributed by atoms with Crippen molar-refractivity contribution < 1.29 is 4.79 Å². The van der Waals surface area contributed by atoms with Crippen molar-refractivity contribution in [3.05, 3.63) is 48.3 Å². The fraction of sp³-hybridized carbons (Fsp3) is 0.500. The topological polar surface area (TPSA) is 87.9 Å². The van der Waals surface area contributed by atoms with E-state index in [1.54, 1.807) is 6.20 Å². The predicted octanol–water partition coefficient (Wildman–Crippen LogP) is 1.90. The number of nitrogens with two attached hydrogens (primary N) is 1. The summed E-state index contributed by atoms with van der Waals surface area (Å²) in [5, 5.41) is 0. The Morgan fingerprint density at radius 1 is 1.33 bits per heavy atom. The first kappa shape index (κ1) is 16.6. The molecule has 0 aromatic carbocycles. The Kier molecular flexibility index (Phi) is 5.25. The van der Waals surface area contributed by atoms with Crippen LogP contribution in [0, 0.1) is 5.41 Å². The number of nitrogens with one attached hydrogen (secondary N) is 1. The van der Waals surface area contributed by atoms with Gasteiger partial charge >= 0.3 is 0 Å². The van der Waals surface area contributed by atoms with E-state index < -0.39 is 5.41 Å². The number of carbonyl (C=O) groups is 1. The van der Waals surface area contributed by atoms with Gasteiger partial charge in [0.25, 0.3) is 0 Å². The van der Waals surface area contributed by atoms with Gasteiger partial charge in [0.15, 0.2) is 0 Å². The zero-order valence-electron chi connectivity index (χ0n) is 13.9. The summed E-state index contributed by atoms with van der Waals surface area (Å²) in [5.74, 6) is 0.772. The minimum Gasteiger partial charge on any atom is -0.369 e. The van der Waals surface area contributed by atoms with Crippen LogP contribution < -0.4 is 5.73 Å². The molecule has 0 spiro atoms. The summed E-state index contributed by atoms with van der Waals surface area (Å²) >= 11 is 0. The van der Waals surface area contributed by atoms with Crippen LogP contribution in [-0.2, 0) is 17.8 Å². The van der Waals surface area contributed by atoms with E-state index in [1.807, 2.05) is 30.7 Å². The molecule has 0 saturated carbocycles. The highest BCUT2D eigenvalue weighted by Gasteiger charge is 2.40. The van der Waals surface area contributed by atoms with E-state index in [2.05, 4.69) is 19.9 Å². The molecule has 6 heteroatoms. The zero-order chi connectivity index (χ0) is 16.8. The second-order valence-corrected chi connectivity index (χ2v) is 6.70. The Balaban J connectivity index is 1.60. The molecule has 1 atom stereocenters. The van der Waals surface area contributed by atoms with Gasteiger partial charge < -0.3 is 10.7 Å². The zero-order valence-corrected chi connectivity index (χ0v) is 13.9. The van der Waals surface area contributed by atoms with Crippen LogP contribution in [0.15, 0.2) is 36.9 Å². The van der Waals surface area contributed by atoms with Crippen molar-refractivity contribution in [2.45, 2.75) is 38.6 Å². The van der Waals surface area contributed by atoms with Gasteiger partial charge in [-0.15, -0.1) is 0 Å². The van der Waals surface area contributed by atoms with Crippen LogP contribution in [-0.4, -0.2) is 38.8 Å². The molecule has 0 aliphatic carbocycles. The highest BCUT2D eigenvalue weighted by molar-refractivity contribution is 5.81. The van der Waals surface area contributed by atoms with E-state index in [9.17, 15) is 4.79 Å². The first-order chi connectivity index (χ1) is 11.7. The highest BCUT2D eigenvalue weighted by Crippen LogP contribution is 2.35. The molecule has 1 saturated heterocycles. The lowest BCUT2D eigenvalue weighted by atomic mass is 9.75. The lowest BCUT2D eigenvalue weighted by Gasteiger charge is -2.40. The molecule has 6 nitrogen and oxygen atoms in total. The molecule has 0 radical (unpaired) electrons. The van der Waals surface area contributed by atoms with Crippen molar-refractivity contribution in [1.29, 1.82) is 0 Å². The Labute approximate surface area is 142 Å². The predicted molar refractivity (Wildman–Crippen MR) is 91.9 cm³/mol. The first-order valence-corrected chi connectivity index (χ1v) is 8.57. The number of primary amides is 1. The smallest absolute Gasteiger partial charge is 0.224 e. The molecule has 1 aliphatic rings. The van der Waals surface area contributed by atoms with Gasteiger partial charge in [-0.1, -0.05) is 0 Å². The minimum absolute atomic E-state index is 0.165. The SMILES string of the molecule is NC(=O)[C@@]1(CCCc2ccncc2)CCCN(Cc2ncc[nH]2)C1. The Morgan fingerprint density at radius 3 is 2.88 bits per heavy atom. The molecule has 0 unspecified atom stereocenters. The number of aromatic nitrogens is 3. The molecule has 24 heavy (non-hydrogen) atoms. The molecule has 1 amide bonds. The summed E-state index contributed by atoms with van der Waals surface area (Å²) in [6.45, 7) is 2.45. The Bertz CT molecular complexity index is 643. The molecule has 2 aromatic rings. The van der Waals surface area contributed by atoms with E-state index in [0.717, 1.165) is 57.6 Å². The largest absolute Gasteiger partial charge is 0.369 e. The van der Waals surface area contributed by atoms with Crippen LogP contribution in [0.25, 0.3) is 0 Å². The molecule has 2 aromatic heterocycles. The number of pyridine rings is 1. The molecule has 1 fully saturated rings. The molecule has 0 bridgehead atoms. The lowest BCUT2D eigenvalue weighted by Crippen LogP contribution is -2.50. The summed E-state index contributed by atoms with van der Waals surface area (Å²) < 4.78 is 0. The Hall–Kier alpha value is -2.21. The van der Waals surface area contributed by atoms with Gasteiger partial charge in [-0.05, 0) is 56.3 Å². The number of aryl methyl sites for hydroxylation is 1. The maximum Gasteiger partial charge on any atom is 0.224 e. The van der Waals surface area contributed by atoms with Crippen LogP contribution in [0.2, 0.25) is 0 Å². The molecule has 3 N–H and O–H groups in total. The van der Waals surface area contributed by atoms with Gasteiger partial charge in [-0.3, -0.25) is 14.7 Å². The normalized spacial score (nSPS) is 21.7. The summed E-state index contributed by atoms with van der Waals surface area (Å²) in [7, 11) is 0. The third-order valence-corrected chi connectivity index (χ3v) is 4.98. The number of piperidine rings is 1. The van der Waals surface area contributed by atoms with E-state index in [0.29, 0.717) is 0 Å². The number of amides is 1. The number of nitrogens with zero attached hydrogens (tertiary/aromatic N) is 3. The number of rotatable bonds is 7. The minimum atomic E-state index is -0.419. The second kappa shape index (κ2) is 7.57. The average Bonchev–Trinajstić information content (AvgIpc) is 3.09. The van der Waals surface area contributed by atoms with Gasteiger partial charge in [0.2, 0.25) is 5.91 Å². The second-order valence-electron chi connectivity index (χ2n) is 6.70. The van der Waals surface area contributed by atoms with Gasteiger partial charge in [0.05, 0.1) is 12.0 Å². The maximum absolute atomic E-state index is 12.2. The monoisotopic (exact) mass is 327 g/mol. The number of hydrogen-bond acceptors (Lipinski definition) is 4. The van der Waals surface area contributed by atoms with Gasteiger partial charge in [-0.25, -0.2) is 4.98 Å². The number of imidazole rings is 1. The molecular weight excluding hydrogens is 302 g/mol. The molecule has 3 rings (SSSR count). The fourth-order valence-corrected chi connectivity index (χ4v) is 3.67. The highest BCUT2D eigenvalue weighted by atomic mass is 16.1. The van der Waals surface area contributed by atoms with Gasteiger partial charge in [0.1, 0.15) is 5.82 Å². The quantitative estimate of drug-likeness (QED) is 0.813. The third kappa shape index (κ3) is 4.00. The number of hydrogen-bond donors (Lipinski definition) is 2. The standard InChI is InChI=1S/C18H25N5O/c19-17(24)18(6-1-3-15-4-8-20-9-5-15)7-2-12-23(14-18)13-16-21-10-11-22-16/h4-5,8-11H,1-3,6-7,12-14H2,(H2,19,24)(H,21,22)/t18-/m0/s1. The van der Waals surface area contributed by atoms with Crippen LogP contribution >= 0.6 is 0 Å². The number of H-pyrrole nitrogens is 1. The van der Waals surface area contributed by atoms with Crippen LogP contribution in [0.5, 0.6) is 0 Å². The summed E-state index contributed by atoms with van der Waals surface area (Å²) in [4.78, 5) is 26.0. The maximum atomic E-state index is 12.2. The van der Waals surface area contributed by atoms with E-state index in [1.165, 1.54) is 5.56 Å². The van der Waals surface area contributed by atoms with Crippen molar-refractivity contribution >= 4 is 5.91 Å². The van der Waals surface area contributed by atoms with Crippen molar-refractivity contribution in [2.75, 3.05) is 13.1 Å². The number of carbonyl (C=O) groups excluding carboxylic acids is 1. The van der Waals surface area contributed by atoms with E-state index >= 15 is 0 Å². The molecule has 128 valence electrons. The van der Waals surface area contributed by atoms with E-state index in [-0.39, 0.29) is 5.91 Å². The number of aromatic amines is 1. The van der Waals surface area contributed by atoms with Crippen molar-refractivity contribution in [1.82, 2.24) is 19.9 Å². The summed E-state index contributed by atoms with van der Waals surface area (Å²) in [6.07, 6.45) is 11.8. The molecule has 1 aliphatic heterocycles. The van der Waals surface area contributed by atoms with Crippen molar-refractivity contribution in [2.24, 2.45) is 11.1 Å². The van der Waals surface area contributed by atoms with Crippen molar-refractivity contribution in [3.63, 3.8) is 0 Å². The summed E-state index contributed by atoms with van der Waals surface area (Å²) in [5.41, 5.74) is 6.66. The molecular formula is C18H25N5O. The first-order valence-electron chi connectivity index (χ1n) is 8.57. The van der Waals surface area contributed by atoms with Crippen LogP contribution in [0.3, 0.4) is 0 Å². The molecule has 3 heterocycles. The van der Waals surface area contributed by atoms with Crippen LogP contribution in [0.4, 0.5) is 0 Å². The van der Waals surface area contributed by atoms with E-state index in [4.69, 9.17) is 5.73 Å². The average molecular weight is 327 g/mol. The summed E-state index contributed by atoms with van der Waals surface area (Å²) in [6, 6.07) is 4.06. The number of likely N-dealkylation sites (tertiary alicyclic amines) is 1. The van der Waals surface area contributed by atoms with Gasteiger partial charge in [0, 0.05) is 31.3 Å². The van der Waals surface area contributed by atoms with Gasteiger partial charge in [-0.2, -0.15) is 0 Å². The van der Waals surface area contributed by atoms with Crippen molar-refractivity contribution in [3.8, 4) is 0 Å². The fourth-order valence-electron chi connectivity index (χ4n) is 3.67. The Morgan fingerprint density at radius 2 is 2.17 bits per heavy atom. The lowest BCUT2D eigenvalue weighted by molar-refractivity contribution is -0.131.